The van der Waals surface area contributed by atoms with E-state index >= 15 is 0 Å². The van der Waals surface area contributed by atoms with Crippen LogP contribution in [0.5, 0.6) is 0 Å². The van der Waals surface area contributed by atoms with Gasteiger partial charge in [-0.1, -0.05) is 31.2 Å². The number of benzene rings is 1. The first kappa shape index (κ1) is 9.69. The predicted molar refractivity (Wildman–Crippen MR) is 56.9 cm³/mol. The molecule has 0 saturated heterocycles. The van der Waals surface area contributed by atoms with Crippen molar-refractivity contribution in [2.75, 3.05) is 6.61 Å². The molecule has 2 rings (SSSR count). The molecule has 0 bridgehead atoms. The molecule has 76 valence electrons. The summed E-state index contributed by atoms with van der Waals surface area (Å²) < 4.78 is 0. The molecule has 0 spiro atoms. The normalized spacial score (nSPS) is 18.1. The van der Waals surface area contributed by atoms with Crippen molar-refractivity contribution in [3.63, 3.8) is 0 Å². The van der Waals surface area contributed by atoms with Crippen molar-refractivity contribution in [1.82, 2.24) is 0 Å². The van der Waals surface area contributed by atoms with Gasteiger partial charge in [0.2, 0.25) is 0 Å². The molecule has 0 atom stereocenters. The Balaban J connectivity index is 2.31. The van der Waals surface area contributed by atoms with Gasteiger partial charge in [-0.3, -0.25) is 0 Å². The zero-order valence-electron chi connectivity index (χ0n) is 8.62. The summed E-state index contributed by atoms with van der Waals surface area (Å²) in [4.78, 5) is 4.82. The molecule has 2 N–H and O–H groups in total. The lowest BCUT2D eigenvalue weighted by atomic mass is 9.91. The Hall–Kier alpha value is -0.860. The van der Waals surface area contributed by atoms with Gasteiger partial charge in [0, 0.05) is 5.41 Å². The summed E-state index contributed by atoms with van der Waals surface area (Å²) in [5.41, 5.74) is 3.11. The Morgan fingerprint density at radius 2 is 2.07 bits per heavy atom. The molecule has 1 aromatic rings. The molecule has 1 aromatic carbocycles. The zero-order valence-corrected chi connectivity index (χ0v) is 8.62. The largest absolute Gasteiger partial charge is 0.304 e. The molecule has 14 heavy (non-hydrogen) atoms. The molecule has 0 heterocycles. The monoisotopic (exact) mass is 191 g/mol. The third kappa shape index (κ3) is 1.56. The topological polar surface area (TPSA) is 35.2 Å². The quantitative estimate of drug-likeness (QED) is 0.740. The average molecular weight is 191 g/mol. The molecule has 0 radical (unpaired) electrons. The second kappa shape index (κ2) is 3.71. The molecular weight excluding hydrogens is 174 g/mol. The van der Waals surface area contributed by atoms with Crippen molar-refractivity contribution in [1.29, 1.82) is 0 Å². The fourth-order valence-corrected chi connectivity index (χ4v) is 2.15. The Morgan fingerprint density at radius 3 is 2.64 bits per heavy atom. The van der Waals surface area contributed by atoms with Gasteiger partial charge in [-0.05, 0) is 30.4 Å². The van der Waals surface area contributed by atoms with E-state index in [2.05, 4.69) is 31.2 Å². The fourth-order valence-electron chi connectivity index (χ4n) is 2.15. The summed E-state index contributed by atoms with van der Waals surface area (Å²) in [6, 6.07) is 8.61. The highest BCUT2D eigenvalue weighted by Gasteiger charge is 2.45. The van der Waals surface area contributed by atoms with Gasteiger partial charge in [0.15, 0.2) is 0 Å². The molecular formula is C12H17NO. The number of nitrogens with two attached hydrogens (primary N) is 1. The highest BCUT2D eigenvalue weighted by atomic mass is 16.6. The van der Waals surface area contributed by atoms with Crippen molar-refractivity contribution in [3.05, 3.63) is 35.4 Å². The van der Waals surface area contributed by atoms with Crippen LogP contribution in [0.2, 0.25) is 0 Å². The standard InChI is InChI=1S/C12H17NO/c1-2-10-5-3-4-6-11(10)12(7-8-12)9-14-13/h3-6H,2,7-9,13H2,1H3. The predicted octanol–water partition coefficient (Wildman–Crippen LogP) is 2.17. The van der Waals surface area contributed by atoms with Crippen LogP contribution in [0.15, 0.2) is 24.3 Å². The van der Waals surface area contributed by atoms with Crippen LogP contribution in [-0.2, 0) is 16.7 Å². The first-order chi connectivity index (χ1) is 6.82. The van der Waals surface area contributed by atoms with E-state index in [1.165, 1.54) is 24.0 Å². The van der Waals surface area contributed by atoms with Gasteiger partial charge in [0.05, 0.1) is 6.61 Å². The van der Waals surface area contributed by atoms with Gasteiger partial charge >= 0.3 is 0 Å². The van der Waals surface area contributed by atoms with Crippen LogP contribution < -0.4 is 5.90 Å². The molecule has 0 aliphatic heterocycles. The summed E-state index contributed by atoms with van der Waals surface area (Å²) >= 11 is 0. The second-order valence-corrected chi connectivity index (χ2v) is 4.10. The first-order valence-corrected chi connectivity index (χ1v) is 5.22. The number of aryl methyl sites for hydroxylation is 1. The van der Waals surface area contributed by atoms with E-state index in [4.69, 9.17) is 10.7 Å². The molecule has 1 fully saturated rings. The van der Waals surface area contributed by atoms with Crippen molar-refractivity contribution in [2.45, 2.75) is 31.6 Å². The van der Waals surface area contributed by atoms with E-state index in [1.807, 2.05) is 0 Å². The summed E-state index contributed by atoms with van der Waals surface area (Å²) in [6.07, 6.45) is 3.50. The number of rotatable bonds is 4. The lowest BCUT2D eigenvalue weighted by molar-refractivity contribution is 0.116. The van der Waals surface area contributed by atoms with E-state index in [9.17, 15) is 0 Å². The third-order valence-electron chi connectivity index (χ3n) is 3.18. The highest BCUT2D eigenvalue weighted by Crippen LogP contribution is 2.49. The Labute approximate surface area is 85.0 Å². The summed E-state index contributed by atoms with van der Waals surface area (Å²) in [6.45, 7) is 2.85. The van der Waals surface area contributed by atoms with Crippen LogP contribution in [0, 0.1) is 0 Å². The summed E-state index contributed by atoms with van der Waals surface area (Å²) in [7, 11) is 0. The smallest absolute Gasteiger partial charge is 0.0776 e. The van der Waals surface area contributed by atoms with E-state index in [1.54, 1.807) is 0 Å². The second-order valence-electron chi connectivity index (χ2n) is 4.10. The molecule has 2 heteroatoms. The molecule has 0 aromatic heterocycles. The van der Waals surface area contributed by atoms with Gasteiger partial charge in [-0.25, -0.2) is 5.90 Å². The molecule has 0 amide bonds. The Bertz CT molecular complexity index is 318. The average Bonchev–Trinajstić information content (AvgIpc) is 2.99. The van der Waals surface area contributed by atoms with Crippen LogP contribution >= 0.6 is 0 Å². The van der Waals surface area contributed by atoms with Crippen LogP contribution in [0.4, 0.5) is 0 Å². The summed E-state index contributed by atoms with van der Waals surface area (Å²) in [5.74, 6) is 5.18. The maximum absolute atomic E-state index is 5.18. The molecule has 1 saturated carbocycles. The van der Waals surface area contributed by atoms with Crippen LogP contribution in [0.25, 0.3) is 0 Å². The van der Waals surface area contributed by atoms with Crippen molar-refractivity contribution in [2.24, 2.45) is 5.90 Å². The van der Waals surface area contributed by atoms with Crippen LogP contribution in [0.3, 0.4) is 0 Å². The zero-order chi connectivity index (χ0) is 10.0. The Kier molecular flexibility index (Phi) is 2.57. The van der Waals surface area contributed by atoms with E-state index < -0.39 is 0 Å². The minimum absolute atomic E-state index is 0.237. The fraction of sp³-hybridized carbons (Fsp3) is 0.500. The molecule has 0 unspecified atom stereocenters. The van der Waals surface area contributed by atoms with Crippen LogP contribution in [0.1, 0.15) is 30.9 Å². The van der Waals surface area contributed by atoms with Crippen LogP contribution in [-0.4, -0.2) is 6.61 Å². The van der Waals surface area contributed by atoms with E-state index in [0.29, 0.717) is 6.61 Å². The lowest BCUT2D eigenvalue weighted by Crippen LogP contribution is -2.19. The molecule has 2 nitrogen and oxygen atoms in total. The molecule has 1 aliphatic rings. The van der Waals surface area contributed by atoms with Gasteiger partial charge in [-0.2, -0.15) is 0 Å². The number of hydrogen-bond donors (Lipinski definition) is 1. The molecule has 1 aliphatic carbocycles. The third-order valence-corrected chi connectivity index (χ3v) is 3.18. The minimum Gasteiger partial charge on any atom is -0.304 e. The van der Waals surface area contributed by atoms with Gasteiger partial charge in [0.1, 0.15) is 0 Å². The minimum atomic E-state index is 0.237. The van der Waals surface area contributed by atoms with E-state index in [-0.39, 0.29) is 5.41 Å². The maximum atomic E-state index is 5.18. The van der Waals surface area contributed by atoms with Crippen molar-refractivity contribution < 1.29 is 4.84 Å². The first-order valence-electron chi connectivity index (χ1n) is 5.22. The maximum Gasteiger partial charge on any atom is 0.0776 e. The highest BCUT2D eigenvalue weighted by molar-refractivity contribution is 5.38. The van der Waals surface area contributed by atoms with E-state index in [0.717, 1.165) is 6.42 Å². The van der Waals surface area contributed by atoms with Crippen molar-refractivity contribution >= 4 is 0 Å². The number of hydrogen-bond acceptors (Lipinski definition) is 2. The van der Waals surface area contributed by atoms with Crippen molar-refractivity contribution in [3.8, 4) is 0 Å². The SMILES string of the molecule is CCc1ccccc1C1(CON)CC1. The summed E-state index contributed by atoms with van der Waals surface area (Å²) in [5, 5.41) is 0. The lowest BCUT2D eigenvalue weighted by Gasteiger charge is -2.17. The Morgan fingerprint density at radius 1 is 1.36 bits per heavy atom. The van der Waals surface area contributed by atoms with Gasteiger partial charge in [-0.15, -0.1) is 0 Å². The van der Waals surface area contributed by atoms with Gasteiger partial charge < -0.3 is 4.84 Å². The van der Waals surface area contributed by atoms with Gasteiger partial charge in [0.25, 0.3) is 0 Å².